The SMILES string of the molecule is C[C@]12CC[C@@H]3c4ccc(ON=O)cc4CC[C@H]3[C@@H]1CC[C@@H]2O. The van der Waals surface area contributed by atoms with Crippen LogP contribution in [0.5, 0.6) is 5.75 Å². The molecule has 0 radical (unpaired) electrons. The Morgan fingerprint density at radius 3 is 2.95 bits per heavy atom. The Labute approximate surface area is 130 Å². The zero-order valence-corrected chi connectivity index (χ0v) is 13.0. The summed E-state index contributed by atoms with van der Waals surface area (Å²) in [5.41, 5.74) is 2.87. The molecule has 0 spiro atoms. The molecule has 4 heteroatoms. The van der Waals surface area contributed by atoms with Crippen LogP contribution in [0.15, 0.2) is 23.5 Å². The summed E-state index contributed by atoms with van der Waals surface area (Å²) in [5, 5.41) is 12.9. The minimum absolute atomic E-state index is 0.116. The van der Waals surface area contributed by atoms with Gasteiger partial charge in [0.05, 0.1) is 6.10 Å². The van der Waals surface area contributed by atoms with E-state index in [1.54, 1.807) is 0 Å². The summed E-state index contributed by atoms with van der Waals surface area (Å²) in [4.78, 5) is 15.0. The third kappa shape index (κ3) is 1.93. The van der Waals surface area contributed by atoms with Gasteiger partial charge in [0.15, 0.2) is 11.1 Å². The first kappa shape index (κ1) is 14.2. The number of aliphatic hydroxyl groups is 1. The Bertz CT molecular complexity index is 602. The third-order valence-electron chi connectivity index (χ3n) is 6.79. The van der Waals surface area contributed by atoms with Gasteiger partial charge in [0.25, 0.3) is 0 Å². The molecule has 1 N–H and O–H groups in total. The van der Waals surface area contributed by atoms with Crippen LogP contribution in [0.1, 0.15) is 56.1 Å². The topological polar surface area (TPSA) is 58.9 Å². The monoisotopic (exact) mass is 301 g/mol. The highest BCUT2D eigenvalue weighted by atomic mass is 16.7. The molecule has 1 aromatic carbocycles. The van der Waals surface area contributed by atoms with E-state index in [1.807, 2.05) is 12.1 Å². The van der Waals surface area contributed by atoms with Crippen molar-refractivity contribution in [2.45, 2.75) is 57.5 Å². The van der Waals surface area contributed by atoms with Crippen LogP contribution in [0.2, 0.25) is 0 Å². The van der Waals surface area contributed by atoms with Gasteiger partial charge in [-0.25, -0.2) is 0 Å². The van der Waals surface area contributed by atoms with E-state index in [4.69, 9.17) is 4.84 Å². The van der Waals surface area contributed by atoms with Crippen LogP contribution in [0.25, 0.3) is 0 Å². The van der Waals surface area contributed by atoms with Crippen molar-refractivity contribution in [1.29, 1.82) is 0 Å². The number of aryl methyl sites for hydroxylation is 1. The van der Waals surface area contributed by atoms with E-state index in [1.165, 1.54) is 24.0 Å². The van der Waals surface area contributed by atoms with Crippen molar-refractivity contribution in [2.24, 2.45) is 22.6 Å². The average Bonchev–Trinajstić information content (AvgIpc) is 2.83. The first-order valence-corrected chi connectivity index (χ1v) is 8.44. The van der Waals surface area contributed by atoms with E-state index < -0.39 is 0 Å². The molecule has 0 unspecified atom stereocenters. The lowest BCUT2D eigenvalue weighted by atomic mass is 9.55. The predicted octanol–water partition coefficient (Wildman–Crippen LogP) is 3.96. The maximum absolute atomic E-state index is 10.4. The van der Waals surface area contributed by atoms with Crippen molar-refractivity contribution in [2.75, 3.05) is 0 Å². The highest BCUT2D eigenvalue weighted by Gasteiger charge is 2.54. The van der Waals surface area contributed by atoms with E-state index in [-0.39, 0.29) is 11.5 Å². The number of benzene rings is 1. The number of hydrogen-bond donors (Lipinski definition) is 1. The van der Waals surface area contributed by atoms with E-state index >= 15 is 0 Å². The lowest BCUT2D eigenvalue weighted by Gasteiger charge is -2.50. The van der Waals surface area contributed by atoms with Gasteiger partial charge in [-0.2, -0.15) is 0 Å². The zero-order valence-electron chi connectivity index (χ0n) is 13.0. The Balaban J connectivity index is 1.66. The molecular formula is C18H23NO3. The fraction of sp³-hybridized carbons (Fsp3) is 0.667. The van der Waals surface area contributed by atoms with E-state index in [0.717, 1.165) is 25.7 Å². The van der Waals surface area contributed by atoms with Crippen molar-refractivity contribution in [3.05, 3.63) is 34.2 Å². The molecule has 1 aromatic rings. The number of aliphatic hydroxyl groups excluding tert-OH is 1. The summed E-state index contributed by atoms with van der Waals surface area (Å²) < 4.78 is 0. The molecule has 22 heavy (non-hydrogen) atoms. The minimum Gasteiger partial charge on any atom is -0.393 e. The van der Waals surface area contributed by atoms with Crippen molar-refractivity contribution >= 4 is 0 Å². The van der Waals surface area contributed by atoms with Gasteiger partial charge >= 0.3 is 0 Å². The molecule has 0 aliphatic heterocycles. The smallest absolute Gasteiger partial charge is 0.161 e. The minimum atomic E-state index is -0.116. The molecule has 3 aliphatic carbocycles. The zero-order chi connectivity index (χ0) is 15.3. The van der Waals surface area contributed by atoms with Crippen molar-refractivity contribution in [1.82, 2.24) is 0 Å². The van der Waals surface area contributed by atoms with E-state index in [0.29, 0.717) is 23.5 Å². The fourth-order valence-electron chi connectivity index (χ4n) is 5.63. The fourth-order valence-corrected chi connectivity index (χ4v) is 5.63. The van der Waals surface area contributed by atoms with Crippen LogP contribution in [0.4, 0.5) is 0 Å². The summed E-state index contributed by atoms with van der Waals surface area (Å²) in [6.45, 7) is 2.30. The molecule has 2 fully saturated rings. The van der Waals surface area contributed by atoms with Gasteiger partial charge in [0.2, 0.25) is 0 Å². The van der Waals surface area contributed by atoms with Crippen LogP contribution < -0.4 is 4.84 Å². The Kier molecular flexibility index (Phi) is 3.26. The standard InChI is InChI=1S/C18H23NO3/c1-18-9-8-14-13-5-3-12(22-19-21)10-11(13)2-4-15(14)16(18)6-7-17(18)20/h3,5,10,14-17,20H,2,4,6-9H2,1H3/t14-,15-,16+,17+,18+/m1/s1. The molecule has 118 valence electrons. The maximum atomic E-state index is 10.4. The summed E-state index contributed by atoms with van der Waals surface area (Å²) in [6, 6.07) is 5.96. The lowest BCUT2D eigenvalue weighted by molar-refractivity contribution is -0.0226. The van der Waals surface area contributed by atoms with Gasteiger partial charge in [-0.15, -0.1) is 4.91 Å². The van der Waals surface area contributed by atoms with Crippen LogP contribution in [-0.4, -0.2) is 11.2 Å². The van der Waals surface area contributed by atoms with Gasteiger partial charge < -0.3 is 9.94 Å². The third-order valence-corrected chi connectivity index (χ3v) is 6.79. The lowest BCUT2D eigenvalue weighted by Crippen LogP contribution is -2.43. The molecule has 0 aromatic heterocycles. The van der Waals surface area contributed by atoms with Crippen LogP contribution in [0.3, 0.4) is 0 Å². The highest BCUT2D eigenvalue weighted by Crippen LogP contribution is 2.60. The first-order chi connectivity index (χ1) is 10.6. The molecule has 4 rings (SSSR count). The van der Waals surface area contributed by atoms with Crippen molar-refractivity contribution in [3.63, 3.8) is 0 Å². The van der Waals surface area contributed by atoms with Gasteiger partial charge in [-0.1, -0.05) is 13.0 Å². The van der Waals surface area contributed by atoms with E-state index in [9.17, 15) is 10.0 Å². The molecule has 2 saturated carbocycles. The maximum Gasteiger partial charge on any atom is 0.161 e. The average molecular weight is 301 g/mol. The normalized spacial score (nSPS) is 39.5. The number of hydrogen-bond acceptors (Lipinski definition) is 4. The van der Waals surface area contributed by atoms with Gasteiger partial charge in [0.1, 0.15) is 0 Å². The second kappa shape index (κ2) is 5.05. The Hall–Kier alpha value is -1.42. The predicted molar refractivity (Wildman–Crippen MR) is 83.5 cm³/mol. The van der Waals surface area contributed by atoms with Gasteiger partial charge in [-0.05, 0) is 85.0 Å². The highest BCUT2D eigenvalue weighted by molar-refractivity contribution is 5.40. The summed E-state index contributed by atoms with van der Waals surface area (Å²) in [7, 11) is 0. The molecule has 0 bridgehead atoms. The molecule has 5 atom stereocenters. The second-order valence-corrected chi connectivity index (χ2v) is 7.58. The summed E-state index contributed by atoms with van der Waals surface area (Å²) >= 11 is 0. The Morgan fingerprint density at radius 2 is 2.14 bits per heavy atom. The van der Waals surface area contributed by atoms with Crippen molar-refractivity contribution in [3.8, 4) is 5.75 Å². The van der Waals surface area contributed by atoms with Crippen molar-refractivity contribution < 1.29 is 9.94 Å². The molecule has 3 aliphatic rings. The molecule has 0 heterocycles. The van der Waals surface area contributed by atoms with Crippen LogP contribution >= 0.6 is 0 Å². The van der Waals surface area contributed by atoms with Crippen LogP contribution in [-0.2, 0) is 6.42 Å². The Morgan fingerprint density at radius 1 is 1.27 bits per heavy atom. The quantitative estimate of drug-likeness (QED) is 0.664. The van der Waals surface area contributed by atoms with Gasteiger partial charge in [-0.3, -0.25) is 0 Å². The molecule has 4 nitrogen and oxygen atoms in total. The molecule has 0 saturated heterocycles. The molecule has 0 amide bonds. The number of nitrogens with zero attached hydrogens (tertiary/aromatic N) is 1. The van der Waals surface area contributed by atoms with E-state index in [2.05, 4.69) is 18.3 Å². The summed E-state index contributed by atoms with van der Waals surface area (Å²) in [5.74, 6) is 2.50. The second-order valence-electron chi connectivity index (χ2n) is 7.58. The van der Waals surface area contributed by atoms with Crippen LogP contribution in [0, 0.1) is 22.2 Å². The largest absolute Gasteiger partial charge is 0.393 e. The molecular weight excluding hydrogens is 278 g/mol. The summed E-state index contributed by atoms with van der Waals surface area (Å²) in [6.07, 6.45) is 6.52. The number of fused-ring (bicyclic) bond motifs is 5. The van der Waals surface area contributed by atoms with Gasteiger partial charge in [0, 0.05) is 0 Å². The first-order valence-electron chi connectivity index (χ1n) is 8.44. The number of rotatable bonds is 2.